The molecule has 23 heavy (non-hydrogen) atoms. The molecular weight excluding hydrogens is 288 g/mol. The fourth-order valence-electron chi connectivity index (χ4n) is 2.38. The molecule has 0 saturated carbocycles. The fourth-order valence-corrected chi connectivity index (χ4v) is 2.38. The van der Waals surface area contributed by atoms with Crippen LogP contribution in [0.1, 0.15) is 36.8 Å². The van der Waals surface area contributed by atoms with Crippen molar-refractivity contribution in [3.05, 3.63) is 72.1 Å². The lowest BCUT2D eigenvalue weighted by Crippen LogP contribution is -2.13. The highest BCUT2D eigenvalue weighted by molar-refractivity contribution is 5.79. The van der Waals surface area contributed by atoms with Crippen molar-refractivity contribution in [2.75, 3.05) is 6.61 Å². The number of aromatic nitrogens is 1. The van der Waals surface area contributed by atoms with Gasteiger partial charge < -0.3 is 10.5 Å². The summed E-state index contributed by atoms with van der Waals surface area (Å²) >= 11 is 0. The van der Waals surface area contributed by atoms with Crippen LogP contribution in [-0.4, -0.2) is 17.7 Å². The third-order valence-electron chi connectivity index (χ3n) is 3.50. The number of pyridine rings is 1. The van der Waals surface area contributed by atoms with Crippen molar-refractivity contribution >= 4 is 11.7 Å². The molecule has 0 unspecified atom stereocenters. The molecule has 1 heterocycles. The molecule has 4 nitrogen and oxygen atoms in total. The molecule has 0 atom stereocenters. The van der Waals surface area contributed by atoms with Crippen molar-refractivity contribution in [1.82, 2.24) is 4.98 Å². The Morgan fingerprint density at radius 3 is 2.52 bits per heavy atom. The number of carbonyl (C=O) groups excluding carboxylic acids is 1. The van der Waals surface area contributed by atoms with E-state index < -0.39 is 6.09 Å². The van der Waals surface area contributed by atoms with Gasteiger partial charge in [-0.05, 0) is 42.9 Å². The highest BCUT2D eigenvalue weighted by Crippen LogP contribution is 2.23. The molecule has 2 aromatic rings. The zero-order chi connectivity index (χ0) is 16.3. The quantitative estimate of drug-likeness (QED) is 0.744. The summed E-state index contributed by atoms with van der Waals surface area (Å²) in [4.78, 5) is 14.7. The first-order valence-electron chi connectivity index (χ1n) is 7.85. The average molecular weight is 310 g/mol. The largest absolute Gasteiger partial charge is 0.450 e. The molecule has 2 N–H and O–H groups in total. The topological polar surface area (TPSA) is 65.2 Å². The van der Waals surface area contributed by atoms with Crippen LogP contribution in [0.4, 0.5) is 4.79 Å². The molecule has 120 valence electrons. The Balaban J connectivity index is 1.94. The summed E-state index contributed by atoms with van der Waals surface area (Å²) in [6, 6.07) is 14.4. The molecule has 0 fully saturated rings. The number of unbranched alkanes of at least 4 members (excludes halogenated alkanes) is 3. The van der Waals surface area contributed by atoms with E-state index in [0.717, 1.165) is 31.2 Å². The van der Waals surface area contributed by atoms with Crippen LogP contribution >= 0.6 is 0 Å². The number of allylic oxidation sites excluding steroid dienone is 1. The SMILES string of the molecule is NC(=O)OCCCCCC=C(c1ccccc1)c1cccnc1. The molecule has 0 spiro atoms. The number of primary amides is 1. The first-order valence-corrected chi connectivity index (χ1v) is 7.85. The molecule has 1 aromatic carbocycles. The van der Waals surface area contributed by atoms with Gasteiger partial charge in [0.2, 0.25) is 0 Å². The molecular formula is C19H22N2O2. The van der Waals surface area contributed by atoms with Crippen LogP contribution in [0.15, 0.2) is 60.9 Å². The molecule has 1 aromatic heterocycles. The van der Waals surface area contributed by atoms with Gasteiger partial charge in [0.05, 0.1) is 6.61 Å². The highest BCUT2D eigenvalue weighted by Gasteiger charge is 2.04. The zero-order valence-corrected chi connectivity index (χ0v) is 13.2. The lowest BCUT2D eigenvalue weighted by Gasteiger charge is -2.08. The maximum absolute atomic E-state index is 10.5. The van der Waals surface area contributed by atoms with E-state index >= 15 is 0 Å². The van der Waals surface area contributed by atoms with Gasteiger partial charge in [-0.15, -0.1) is 0 Å². The van der Waals surface area contributed by atoms with Crippen molar-refractivity contribution in [3.8, 4) is 0 Å². The molecule has 2 rings (SSSR count). The minimum absolute atomic E-state index is 0.396. The minimum atomic E-state index is -0.701. The van der Waals surface area contributed by atoms with Gasteiger partial charge in [-0.1, -0.05) is 42.5 Å². The Bertz CT molecular complexity index is 583. The summed E-state index contributed by atoms with van der Waals surface area (Å²) in [5.41, 5.74) is 8.44. The van der Waals surface area contributed by atoms with Gasteiger partial charge in [0.15, 0.2) is 0 Å². The van der Waals surface area contributed by atoms with Crippen molar-refractivity contribution < 1.29 is 9.53 Å². The second-order valence-corrected chi connectivity index (χ2v) is 5.24. The van der Waals surface area contributed by atoms with Crippen LogP contribution in [0.5, 0.6) is 0 Å². The van der Waals surface area contributed by atoms with Crippen LogP contribution in [0.25, 0.3) is 5.57 Å². The number of carbonyl (C=O) groups is 1. The summed E-state index contributed by atoms with van der Waals surface area (Å²) in [6.07, 6.45) is 9.07. The number of hydrogen-bond acceptors (Lipinski definition) is 3. The predicted octanol–water partition coefficient (Wildman–Crippen LogP) is 4.17. The molecule has 0 aliphatic rings. The standard InChI is InChI=1S/C19H22N2O2/c20-19(22)23-14-7-2-1-6-12-18(16-9-4-3-5-10-16)17-11-8-13-21-15-17/h3-5,8-13,15H,1-2,6-7,14H2,(H2,20,22). The molecule has 0 aliphatic carbocycles. The van der Waals surface area contributed by atoms with Gasteiger partial charge in [0, 0.05) is 18.0 Å². The molecule has 0 aliphatic heterocycles. The second kappa shape index (κ2) is 9.41. The first kappa shape index (κ1) is 16.7. The van der Waals surface area contributed by atoms with E-state index in [4.69, 9.17) is 10.5 Å². The number of benzene rings is 1. The molecule has 1 amide bonds. The van der Waals surface area contributed by atoms with Crippen LogP contribution in [0.2, 0.25) is 0 Å². The summed E-state index contributed by atoms with van der Waals surface area (Å²) in [6.45, 7) is 0.396. The van der Waals surface area contributed by atoms with E-state index in [1.807, 2.05) is 30.5 Å². The predicted molar refractivity (Wildman–Crippen MR) is 91.8 cm³/mol. The van der Waals surface area contributed by atoms with E-state index in [2.05, 4.69) is 29.3 Å². The summed E-state index contributed by atoms with van der Waals surface area (Å²) in [5.74, 6) is 0. The van der Waals surface area contributed by atoms with Crippen molar-refractivity contribution in [3.63, 3.8) is 0 Å². The zero-order valence-electron chi connectivity index (χ0n) is 13.2. The van der Waals surface area contributed by atoms with Crippen molar-refractivity contribution in [1.29, 1.82) is 0 Å². The maximum Gasteiger partial charge on any atom is 0.404 e. The molecule has 0 radical (unpaired) electrons. The first-order chi connectivity index (χ1) is 11.3. The van der Waals surface area contributed by atoms with Gasteiger partial charge in [-0.3, -0.25) is 4.98 Å². The van der Waals surface area contributed by atoms with Gasteiger partial charge in [-0.25, -0.2) is 4.79 Å². The summed E-state index contributed by atoms with van der Waals surface area (Å²) < 4.78 is 4.72. The smallest absolute Gasteiger partial charge is 0.404 e. The number of ether oxygens (including phenoxy) is 1. The lowest BCUT2D eigenvalue weighted by molar-refractivity contribution is 0.154. The lowest BCUT2D eigenvalue weighted by atomic mass is 9.97. The Kier molecular flexibility index (Phi) is 6.85. The van der Waals surface area contributed by atoms with Crippen LogP contribution in [0, 0.1) is 0 Å². The number of nitrogens with two attached hydrogens (primary N) is 1. The molecule has 0 saturated heterocycles. The van der Waals surface area contributed by atoms with E-state index in [0.29, 0.717) is 6.61 Å². The third-order valence-corrected chi connectivity index (χ3v) is 3.50. The summed E-state index contributed by atoms with van der Waals surface area (Å²) in [5, 5.41) is 0. The Morgan fingerprint density at radius 1 is 1.04 bits per heavy atom. The van der Waals surface area contributed by atoms with E-state index in [1.54, 1.807) is 6.20 Å². The minimum Gasteiger partial charge on any atom is -0.450 e. The van der Waals surface area contributed by atoms with Crippen molar-refractivity contribution in [2.45, 2.75) is 25.7 Å². The maximum atomic E-state index is 10.5. The third kappa shape index (κ3) is 5.94. The van der Waals surface area contributed by atoms with Gasteiger partial charge >= 0.3 is 6.09 Å². The molecule has 0 bridgehead atoms. The van der Waals surface area contributed by atoms with E-state index in [9.17, 15) is 4.79 Å². The van der Waals surface area contributed by atoms with Crippen molar-refractivity contribution in [2.24, 2.45) is 5.73 Å². The van der Waals surface area contributed by atoms with Gasteiger partial charge in [-0.2, -0.15) is 0 Å². The Morgan fingerprint density at radius 2 is 1.83 bits per heavy atom. The highest BCUT2D eigenvalue weighted by atomic mass is 16.5. The van der Waals surface area contributed by atoms with E-state index in [1.165, 1.54) is 11.1 Å². The number of hydrogen-bond donors (Lipinski definition) is 1. The van der Waals surface area contributed by atoms with Gasteiger partial charge in [0.25, 0.3) is 0 Å². The number of nitrogens with zero attached hydrogens (tertiary/aromatic N) is 1. The number of rotatable bonds is 8. The number of amides is 1. The van der Waals surface area contributed by atoms with Crippen LogP contribution < -0.4 is 5.73 Å². The average Bonchev–Trinajstić information content (AvgIpc) is 2.59. The monoisotopic (exact) mass is 310 g/mol. The molecule has 4 heteroatoms. The Labute approximate surface area is 137 Å². The second-order valence-electron chi connectivity index (χ2n) is 5.24. The van der Waals surface area contributed by atoms with Gasteiger partial charge in [0.1, 0.15) is 0 Å². The van der Waals surface area contributed by atoms with Crippen LogP contribution in [0.3, 0.4) is 0 Å². The van der Waals surface area contributed by atoms with Crippen LogP contribution in [-0.2, 0) is 4.74 Å². The normalized spacial score (nSPS) is 11.2. The Hall–Kier alpha value is -2.62. The fraction of sp³-hybridized carbons (Fsp3) is 0.263. The van der Waals surface area contributed by atoms with E-state index in [-0.39, 0.29) is 0 Å². The summed E-state index contributed by atoms with van der Waals surface area (Å²) in [7, 11) is 0.